The van der Waals surface area contributed by atoms with Gasteiger partial charge in [-0.15, -0.1) is 11.3 Å². The van der Waals surface area contributed by atoms with Gasteiger partial charge in [0.2, 0.25) is 0 Å². The molecule has 128 valence electrons. The topological polar surface area (TPSA) is 66.8 Å². The van der Waals surface area contributed by atoms with Crippen molar-refractivity contribution in [3.05, 3.63) is 15.6 Å². The fourth-order valence-corrected chi connectivity index (χ4v) is 3.60. The third-order valence-electron chi connectivity index (χ3n) is 4.02. The molecule has 0 bridgehead atoms. The van der Waals surface area contributed by atoms with Gasteiger partial charge in [-0.2, -0.15) is 0 Å². The number of nitrogens with one attached hydrogen (secondary N) is 1. The van der Waals surface area contributed by atoms with Crippen molar-refractivity contribution in [1.82, 2.24) is 15.2 Å². The molecular formula is C16H26N4O2S. The molecule has 0 aliphatic carbocycles. The molecule has 23 heavy (non-hydrogen) atoms. The van der Waals surface area contributed by atoms with Gasteiger partial charge in [0.1, 0.15) is 5.01 Å². The molecule has 1 aromatic rings. The molecule has 1 unspecified atom stereocenters. The molecule has 0 radical (unpaired) electrons. The number of aliphatic imine (C=N–C) groups is 1. The zero-order chi connectivity index (χ0) is 16.8. The standard InChI is InChI=1S/C16H26N4O2S/c1-5-22-15(21)13-7-6-8-20(10-13)16(17-4)18-9-14-19-11(2)12(3)23-14/h13H,5-10H2,1-4H3,(H,17,18). The SMILES string of the molecule is CCOC(=O)C1CCCN(C(=NC)NCc2nc(C)c(C)s2)C1. The maximum atomic E-state index is 12.0. The lowest BCUT2D eigenvalue weighted by molar-refractivity contribution is -0.149. The van der Waals surface area contributed by atoms with Crippen LogP contribution in [0.15, 0.2) is 4.99 Å². The molecule has 0 aromatic carbocycles. The van der Waals surface area contributed by atoms with Gasteiger partial charge < -0.3 is 15.0 Å². The van der Waals surface area contributed by atoms with Crippen LogP contribution in [0.2, 0.25) is 0 Å². The van der Waals surface area contributed by atoms with Crippen LogP contribution in [0, 0.1) is 19.8 Å². The van der Waals surface area contributed by atoms with Gasteiger partial charge in [-0.3, -0.25) is 9.79 Å². The Morgan fingerprint density at radius 2 is 2.30 bits per heavy atom. The Morgan fingerprint density at radius 1 is 1.52 bits per heavy atom. The Labute approximate surface area is 142 Å². The van der Waals surface area contributed by atoms with Crippen molar-refractivity contribution in [3.63, 3.8) is 0 Å². The molecule has 1 fully saturated rings. The van der Waals surface area contributed by atoms with Crippen LogP contribution in [0.3, 0.4) is 0 Å². The average Bonchev–Trinajstić information content (AvgIpc) is 2.87. The monoisotopic (exact) mass is 338 g/mol. The maximum absolute atomic E-state index is 12.0. The summed E-state index contributed by atoms with van der Waals surface area (Å²) in [7, 11) is 1.77. The van der Waals surface area contributed by atoms with Gasteiger partial charge in [0.25, 0.3) is 0 Å². The van der Waals surface area contributed by atoms with Crippen molar-refractivity contribution < 1.29 is 9.53 Å². The van der Waals surface area contributed by atoms with E-state index in [-0.39, 0.29) is 11.9 Å². The predicted octanol–water partition coefficient (Wildman–Crippen LogP) is 2.11. The highest BCUT2D eigenvalue weighted by atomic mass is 32.1. The highest BCUT2D eigenvalue weighted by Crippen LogP contribution is 2.19. The highest BCUT2D eigenvalue weighted by molar-refractivity contribution is 7.11. The van der Waals surface area contributed by atoms with E-state index in [1.807, 2.05) is 13.8 Å². The summed E-state index contributed by atoms with van der Waals surface area (Å²) in [5, 5.41) is 4.41. The van der Waals surface area contributed by atoms with Crippen LogP contribution < -0.4 is 5.32 Å². The minimum absolute atomic E-state index is 0.0633. The second-order valence-electron chi connectivity index (χ2n) is 5.69. The molecule has 1 aromatic heterocycles. The van der Waals surface area contributed by atoms with Crippen molar-refractivity contribution in [2.45, 2.75) is 40.2 Å². The van der Waals surface area contributed by atoms with E-state index >= 15 is 0 Å². The third kappa shape index (κ3) is 4.67. The third-order valence-corrected chi connectivity index (χ3v) is 5.10. The number of esters is 1. The number of hydrogen-bond donors (Lipinski definition) is 1. The minimum atomic E-state index is -0.0983. The Bertz CT molecular complexity index is 551. The van der Waals surface area contributed by atoms with Crippen LogP contribution in [0.5, 0.6) is 0 Å². The lowest BCUT2D eigenvalue weighted by atomic mass is 9.98. The molecule has 1 aliphatic heterocycles. The molecule has 1 aliphatic rings. The average molecular weight is 338 g/mol. The summed E-state index contributed by atoms with van der Waals surface area (Å²) in [6.45, 7) is 8.62. The second-order valence-corrected chi connectivity index (χ2v) is 6.97. The van der Waals surface area contributed by atoms with Crippen molar-refractivity contribution in [3.8, 4) is 0 Å². The Morgan fingerprint density at radius 3 is 2.91 bits per heavy atom. The summed E-state index contributed by atoms with van der Waals surface area (Å²) in [6.07, 6.45) is 1.86. The molecule has 0 spiro atoms. The minimum Gasteiger partial charge on any atom is -0.466 e. The van der Waals surface area contributed by atoms with Crippen LogP contribution in [0.4, 0.5) is 0 Å². The van der Waals surface area contributed by atoms with E-state index in [0.29, 0.717) is 19.7 Å². The summed E-state index contributed by atoms with van der Waals surface area (Å²) >= 11 is 1.70. The predicted molar refractivity (Wildman–Crippen MR) is 92.7 cm³/mol. The number of guanidine groups is 1. The normalized spacial score (nSPS) is 18.9. The number of aromatic nitrogens is 1. The molecule has 7 heteroatoms. The molecule has 1 N–H and O–H groups in total. The molecule has 1 atom stereocenters. The summed E-state index contributed by atoms with van der Waals surface area (Å²) in [5.41, 5.74) is 1.09. The zero-order valence-electron chi connectivity index (χ0n) is 14.4. The molecule has 6 nitrogen and oxygen atoms in total. The summed E-state index contributed by atoms with van der Waals surface area (Å²) in [5.74, 6) is 0.662. The molecule has 2 heterocycles. The van der Waals surface area contributed by atoms with E-state index in [0.717, 1.165) is 36.0 Å². The van der Waals surface area contributed by atoms with Gasteiger partial charge in [-0.05, 0) is 33.6 Å². The van der Waals surface area contributed by atoms with Gasteiger partial charge in [0.15, 0.2) is 5.96 Å². The van der Waals surface area contributed by atoms with Gasteiger partial charge >= 0.3 is 5.97 Å². The largest absolute Gasteiger partial charge is 0.466 e. The lowest BCUT2D eigenvalue weighted by Gasteiger charge is -2.33. The number of likely N-dealkylation sites (tertiary alicyclic amines) is 1. The highest BCUT2D eigenvalue weighted by Gasteiger charge is 2.28. The number of carbonyl (C=O) groups is 1. The van der Waals surface area contributed by atoms with Crippen molar-refractivity contribution >= 4 is 23.3 Å². The molecular weight excluding hydrogens is 312 g/mol. The fraction of sp³-hybridized carbons (Fsp3) is 0.688. The first-order valence-electron chi connectivity index (χ1n) is 8.10. The first-order valence-corrected chi connectivity index (χ1v) is 8.92. The smallest absolute Gasteiger partial charge is 0.310 e. The Hall–Kier alpha value is -1.63. The van der Waals surface area contributed by atoms with Crippen LogP contribution in [-0.2, 0) is 16.1 Å². The van der Waals surface area contributed by atoms with Crippen LogP contribution in [0.25, 0.3) is 0 Å². The quantitative estimate of drug-likeness (QED) is 0.517. The maximum Gasteiger partial charge on any atom is 0.310 e. The first kappa shape index (κ1) is 17.7. The van der Waals surface area contributed by atoms with E-state index in [1.54, 1.807) is 18.4 Å². The summed E-state index contributed by atoms with van der Waals surface area (Å²) in [4.78, 5) is 24.2. The number of hydrogen-bond acceptors (Lipinski definition) is 5. The van der Waals surface area contributed by atoms with Gasteiger partial charge in [0.05, 0.1) is 24.8 Å². The van der Waals surface area contributed by atoms with Gasteiger partial charge in [-0.25, -0.2) is 4.98 Å². The Balaban J connectivity index is 1.93. The number of thiazole rings is 1. The van der Waals surface area contributed by atoms with E-state index < -0.39 is 0 Å². The van der Waals surface area contributed by atoms with Crippen molar-refractivity contribution in [1.29, 1.82) is 0 Å². The number of nitrogens with zero attached hydrogens (tertiary/aromatic N) is 3. The van der Waals surface area contributed by atoms with E-state index in [4.69, 9.17) is 4.74 Å². The Kier molecular flexibility index (Phi) is 6.38. The molecule has 1 saturated heterocycles. The van der Waals surface area contributed by atoms with Gasteiger partial charge in [0, 0.05) is 25.0 Å². The number of rotatable bonds is 4. The number of aryl methyl sites for hydroxylation is 2. The molecule has 0 saturated carbocycles. The zero-order valence-corrected chi connectivity index (χ0v) is 15.2. The van der Waals surface area contributed by atoms with E-state index in [1.165, 1.54) is 4.88 Å². The van der Waals surface area contributed by atoms with Crippen LogP contribution in [-0.4, -0.2) is 48.6 Å². The fourth-order valence-electron chi connectivity index (χ4n) is 2.72. The van der Waals surface area contributed by atoms with E-state index in [2.05, 4.69) is 27.1 Å². The summed E-state index contributed by atoms with van der Waals surface area (Å²) in [6, 6.07) is 0. The number of piperidine rings is 1. The molecule has 2 rings (SSSR count). The summed E-state index contributed by atoms with van der Waals surface area (Å²) < 4.78 is 5.15. The van der Waals surface area contributed by atoms with E-state index in [9.17, 15) is 4.79 Å². The van der Waals surface area contributed by atoms with Gasteiger partial charge in [-0.1, -0.05) is 0 Å². The number of ether oxygens (including phenoxy) is 1. The first-order chi connectivity index (χ1) is 11.0. The van der Waals surface area contributed by atoms with Crippen LogP contribution >= 0.6 is 11.3 Å². The number of carbonyl (C=O) groups excluding carboxylic acids is 1. The second kappa shape index (κ2) is 8.29. The molecule has 0 amide bonds. The lowest BCUT2D eigenvalue weighted by Crippen LogP contribution is -2.48. The van der Waals surface area contributed by atoms with Crippen molar-refractivity contribution in [2.24, 2.45) is 10.9 Å². The van der Waals surface area contributed by atoms with Crippen molar-refractivity contribution in [2.75, 3.05) is 26.7 Å². The van der Waals surface area contributed by atoms with Crippen LogP contribution in [0.1, 0.15) is 35.3 Å².